The van der Waals surface area contributed by atoms with Gasteiger partial charge in [-0.2, -0.15) is 8.78 Å². The Morgan fingerprint density at radius 3 is 1.73 bits per heavy atom. The van der Waals surface area contributed by atoms with Crippen LogP contribution in [0.1, 0.15) is 27.7 Å². The van der Waals surface area contributed by atoms with Crippen LogP contribution in [-0.2, 0) is 0 Å². The third-order valence-corrected chi connectivity index (χ3v) is 1.11. The summed E-state index contributed by atoms with van der Waals surface area (Å²) in [5, 5.41) is 0. The predicted octanol–water partition coefficient (Wildman–Crippen LogP) is 3.92. The summed E-state index contributed by atoms with van der Waals surface area (Å²) >= 11 is 0. The highest BCUT2D eigenvalue weighted by Crippen LogP contribution is 2.15. The Balaban J connectivity index is 0. The minimum absolute atomic E-state index is 0.120. The Morgan fingerprint density at radius 2 is 1.40 bits per heavy atom. The number of alkyl halides is 2. The molecule has 0 aliphatic rings. The molecule has 0 fully saturated rings. The molecule has 1 rings (SSSR count). The van der Waals surface area contributed by atoms with Gasteiger partial charge in [-0.25, -0.2) is 0 Å². The fourth-order valence-electron chi connectivity index (χ4n) is 0.649. The minimum atomic E-state index is -2.78. The molecule has 2 N–H and O–H groups in total. The van der Waals surface area contributed by atoms with Crippen molar-refractivity contribution in [2.24, 2.45) is 0 Å². The molecule has 1 aromatic rings. The second kappa shape index (κ2) is 10.8. The average Bonchev–Trinajstić information content (AvgIpc) is 2.27. The van der Waals surface area contributed by atoms with E-state index in [1.165, 1.54) is 24.3 Å². The van der Waals surface area contributed by atoms with Gasteiger partial charge < -0.3 is 10.5 Å². The maximum absolute atomic E-state index is 11.6. The molecule has 0 unspecified atom stereocenters. The summed E-state index contributed by atoms with van der Waals surface area (Å²) in [4.78, 5) is 0. The molecule has 0 aliphatic carbocycles. The Hall–Kier alpha value is -1.32. The molecule has 88 valence electrons. The van der Waals surface area contributed by atoms with Crippen LogP contribution in [-0.4, -0.2) is 6.61 Å². The smallest absolute Gasteiger partial charge is 0.387 e. The van der Waals surface area contributed by atoms with E-state index in [4.69, 9.17) is 5.73 Å². The van der Waals surface area contributed by atoms with Crippen molar-refractivity contribution in [3.63, 3.8) is 0 Å². The van der Waals surface area contributed by atoms with E-state index in [2.05, 4.69) is 4.74 Å². The third-order valence-electron chi connectivity index (χ3n) is 1.11. The van der Waals surface area contributed by atoms with E-state index in [1.54, 1.807) is 0 Å². The summed E-state index contributed by atoms with van der Waals surface area (Å²) < 4.78 is 27.2. The van der Waals surface area contributed by atoms with E-state index in [1.807, 2.05) is 27.7 Å². The van der Waals surface area contributed by atoms with Crippen molar-refractivity contribution >= 4 is 5.69 Å². The molecule has 0 aromatic heterocycles. The van der Waals surface area contributed by atoms with Crippen LogP contribution in [0, 0.1) is 0 Å². The largest absolute Gasteiger partial charge is 0.435 e. The summed E-state index contributed by atoms with van der Waals surface area (Å²) in [5.74, 6) is 0.120. The number of rotatable bonds is 2. The molecule has 2 nitrogen and oxygen atoms in total. The van der Waals surface area contributed by atoms with Gasteiger partial charge in [-0.1, -0.05) is 27.7 Å². The van der Waals surface area contributed by atoms with E-state index in [0.29, 0.717) is 5.69 Å². The lowest BCUT2D eigenvalue weighted by Crippen LogP contribution is -2.01. The van der Waals surface area contributed by atoms with Crippen molar-refractivity contribution in [3.8, 4) is 5.75 Å². The van der Waals surface area contributed by atoms with Gasteiger partial charge in [0.2, 0.25) is 0 Å². The lowest BCUT2D eigenvalue weighted by molar-refractivity contribution is -0.0498. The fourth-order valence-corrected chi connectivity index (χ4v) is 0.649. The van der Waals surface area contributed by atoms with Gasteiger partial charge in [0.25, 0.3) is 0 Å². The first-order chi connectivity index (χ1) is 7.18. The molecular weight excluding hydrogens is 200 g/mol. The van der Waals surface area contributed by atoms with Gasteiger partial charge in [-0.05, 0) is 24.3 Å². The molecule has 4 heteroatoms. The zero-order valence-corrected chi connectivity index (χ0v) is 9.63. The van der Waals surface area contributed by atoms with E-state index in [-0.39, 0.29) is 5.75 Å². The highest BCUT2D eigenvalue weighted by molar-refractivity contribution is 5.41. The zero-order valence-electron chi connectivity index (χ0n) is 9.63. The molecule has 0 amide bonds. The van der Waals surface area contributed by atoms with Crippen LogP contribution in [0.4, 0.5) is 14.5 Å². The standard InChI is InChI=1S/C7H7F2NO.2C2H6/c8-7(9)11-6-3-1-5(10)2-4-6;2*1-2/h1-4,7H,10H2;2*1-2H3. The van der Waals surface area contributed by atoms with Crippen molar-refractivity contribution in [2.75, 3.05) is 5.73 Å². The number of nitrogens with two attached hydrogens (primary N) is 1. The lowest BCUT2D eigenvalue weighted by atomic mass is 10.3. The van der Waals surface area contributed by atoms with Crippen LogP contribution in [0.2, 0.25) is 0 Å². The van der Waals surface area contributed by atoms with Gasteiger partial charge >= 0.3 is 6.61 Å². The number of benzene rings is 1. The Morgan fingerprint density at radius 1 is 1.00 bits per heavy atom. The van der Waals surface area contributed by atoms with Crippen LogP contribution in [0.25, 0.3) is 0 Å². The molecule has 0 spiro atoms. The number of anilines is 1. The average molecular weight is 219 g/mol. The number of hydrogen-bond acceptors (Lipinski definition) is 2. The van der Waals surface area contributed by atoms with E-state index < -0.39 is 6.61 Å². The molecule has 0 aliphatic heterocycles. The van der Waals surface area contributed by atoms with Crippen molar-refractivity contribution in [1.82, 2.24) is 0 Å². The van der Waals surface area contributed by atoms with E-state index in [0.717, 1.165) is 0 Å². The first kappa shape index (κ1) is 16.1. The molecular formula is C11H19F2NO. The monoisotopic (exact) mass is 219 g/mol. The van der Waals surface area contributed by atoms with E-state index >= 15 is 0 Å². The van der Waals surface area contributed by atoms with Gasteiger partial charge in [0.05, 0.1) is 0 Å². The molecule has 0 bridgehead atoms. The molecule has 0 atom stereocenters. The van der Waals surface area contributed by atoms with Gasteiger partial charge in [0.15, 0.2) is 0 Å². The summed E-state index contributed by atoms with van der Waals surface area (Å²) in [7, 11) is 0. The SMILES string of the molecule is CC.CC.Nc1ccc(OC(F)F)cc1. The Bertz CT molecular complexity index is 225. The predicted molar refractivity (Wildman–Crippen MR) is 60.2 cm³/mol. The van der Waals surface area contributed by atoms with Crippen molar-refractivity contribution in [2.45, 2.75) is 34.3 Å². The number of nitrogen functional groups attached to an aromatic ring is 1. The van der Waals surface area contributed by atoms with Crippen molar-refractivity contribution in [1.29, 1.82) is 0 Å². The maximum Gasteiger partial charge on any atom is 0.387 e. The number of ether oxygens (including phenoxy) is 1. The van der Waals surface area contributed by atoms with Crippen LogP contribution >= 0.6 is 0 Å². The number of hydrogen-bond donors (Lipinski definition) is 1. The Labute approximate surface area is 90.1 Å². The summed E-state index contributed by atoms with van der Waals surface area (Å²) in [5.41, 5.74) is 5.83. The van der Waals surface area contributed by atoms with Crippen molar-refractivity contribution in [3.05, 3.63) is 24.3 Å². The molecule has 0 saturated carbocycles. The van der Waals surface area contributed by atoms with Crippen LogP contribution in [0.3, 0.4) is 0 Å². The van der Waals surface area contributed by atoms with Gasteiger partial charge in [-0.15, -0.1) is 0 Å². The summed E-state index contributed by atoms with van der Waals surface area (Å²) in [6, 6.07) is 5.78. The van der Waals surface area contributed by atoms with Crippen LogP contribution in [0.15, 0.2) is 24.3 Å². The zero-order chi connectivity index (χ0) is 12.3. The van der Waals surface area contributed by atoms with Crippen molar-refractivity contribution < 1.29 is 13.5 Å². The number of halogens is 2. The highest BCUT2D eigenvalue weighted by Gasteiger charge is 2.02. The topological polar surface area (TPSA) is 35.2 Å². The third kappa shape index (κ3) is 9.00. The summed E-state index contributed by atoms with van der Waals surface area (Å²) in [6.45, 7) is 5.22. The second-order valence-corrected chi connectivity index (χ2v) is 1.95. The molecule has 0 saturated heterocycles. The molecule has 0 radical (unpaired) electrons. The minimum Gasteiger partial charge on any atom is -0.435 e. The first-order valence-corrected chi connectivity index (χ1v) is 4.99. The van der Waals surface area contributed by atoms with Crippen LogP contribution in [0.5, 0.6) is 5.75 Å². The maximum atomic E-state index is 11.6. The molecule has 1 aromatic carbocycles. The second-order valence-electron chi connectivity index (χ2n) is 1.95. The lowest BCUT2D eigenvalue weighted by Gasteiger charge is -2.02. The highest BCUT2D eigenvalue weighted by atomic mass is 19.3. The first-order valence-electron chi connectivity index (χ1n) is 4.99. The van der Waals surface area contributed by atoms with Gasteiger partial charge in [0, 0.05) is 5.69 Å². The summed E-state index contributed by atoms with van der Waals surface area (Å²) in [6.07, 6.45) is 0. The quantitative estimate of drug-likeness (QED) is 0.765. The van der Waals surface area contributed by atoms with Gasteiger partial charge in [-0.3, -0.25) is 0 Å². The van der Waals surface area contributed by atoms with Crippen LogP contribution < -0.4 is 10.5 Å². The Kier molecular flexibility index (Phi) is 11.6. The fraction of sp³-hybridized carbons (Fsp3) is 0.455. The molecule has 0 heterocycles. The normalized spacial score (nSPS) is 8.20. The molecule has 15 heavy (non-hydrogen) atoms. The van der Waals surface area contributed by atoms with Gasteiger partial charge in [0.1, 0.15) is 5.75 Å². The van der Waals surface area contributed by atoms with E-state index in [9.17, 15) is 8.78 Å².